The van der Waals surface area contributed by atoms with Gasteiger partial charge >= 0.3 is 0 Å². The average molecular weight is 274 g/mol. The zero-order chi connectivity index (χ0) is 12.6. The number of rotatable bonds is 2. The molecule has 1 aromatic rings. The van der Waals surface area contributed by atoms with Gasteiger partial charge in [0.25, 0.3) is 5.91 Å². The first-order valence-electron chi connectivity index (χ1n) is 5.29. The third-order valence-electron chi connectivity index (χ3n) is 2.70. The number of hydrogen-bond donors (Lipinski definition) is 0. The van der Waals surface area contributed by atoms with Crippen molar-refractivity contribution in [2.75, 3.05) is 6.61 Å². The van der Waals surface area contributed by atoms with Crippen LogP contribution in [0.1, 0.15) is 19.4 Å². The summed E-state index contributed by atoms with van der Waals surface area (Å²) in [4.78, 5) is 17.3. The van der Waals surface area contributed by atoms with E-state index in [1.807, 2.05) is 19.9 Å². The summed E-state index contributed by atoms with van der Waals surface area (Å²) >= 11 is 11.7. The zero-order valence-corrected chi connectivity index (χ0v) is 11.2. The van der Waals surface area contributed by atoms with Crippen LogP contribution in [0.3, 0.4) is 0 Å². The number of nitrogens with zero attached hydrogens (tertiary/aromatic N) is 1. The van der Waals surface area contributed by atoms with Gasteiger partial charge in [0.15, 0.2) is 0 Å². The van der Waals surface area contributed by atoms with Gasteiger partial charge in [-0.3, -0.25) is 9.63 Å². The molecule has 0 spiro atoms. The lowest BCUT2D eigenvalue weighted by molar-refractivity contribution is -0.165. The lowest BCUT2D eigenvalue weighted by Crippen LogP contribution is -2.30. The number of amides is 1. The van der Waals surface area contributed by atoms with Crippen molar-refractivity contribution in [3.05, 3.63) is 33.8 Å². The van der Waals surface area contributed by atoms with E-state index in [4.69, 9.17) is 28.0 Å². The van der Waals surface area contributed by atoms with Gasteiger partial charge in [0.2, 0.25) is 0 Å². The van der Waals surface area contributed by atoms with Crippen molar-refractivity contribution in [3.63, 3.8) is 0 Å². The summed E-state index contributed by atoms with van der Waals surface area (Å²) < 4.78 is 0. The van der Waals surface area contributed by atoms with Crippen LogP contribution in [-0.4, -0.2) is 17.6 Å². The summed E-state index contributed by atoms with van der Waals surface area (Å²) in [7, 11) is 0. The molecule has 0 N–H and O–H groups in total. The number of benzene rings is 1. The molecule has 2 rings (SSSR count). The molecule has 1 fully saturated rings. The highest BCUT2D eigenvalue weighted by Gasteiger charge is 2.40. The third kappa shape index (κ3) is 2.57. The van der Waals surface area contributed by atoms with Gasteiger partial charge < -0.3 is 0 Å². The van der Waals surface area contributed by atoms with Crippen LogP contribution in [0.25, 0.3) is 0 Å². The van der Waals surface area contributed by atoms with Crippen molar-refractivity contribution >= 4 is 29.1 Å². The van der Waals surface area contributed by atoms with Gasteiger partial charge in [-0.05, 0) is 31.5 Å². The Labute approximate surface area is 110 Å². The van der Waals surface area contributed by atoms with Crippen molar-refractivity contribution in [1.82, 2.24) is 5.06 Å². The van der Waals surface area contributed by atoms with Gasteiger partial charge in [0.05, 0.1) is 28.6 Å². The summed E-state index contributed by atoms with van der Waals surface area (Å²) in [5.41, 5.74) is 0.446. The van der Waals surface area contributed by atoms with Crippen LogP contribution in [0, 0.1) is 5.41 Å². The van der Waals surface area contributed by atoms with Crippen LogP contribution in [0.2, 0.25) is 10.0 Å². The molecule has 0 aliphatic carbocycles. The molecular formula is C12H13Cl2NO2. The van der Waals surface area contributed by atoms with Crippen molar-refractivity contribution < 1.29 is 9.63 Å². The normalized spacial score (nSPS) is 18.8. The van der Waals surface area contributed by atoms with Gasteiger partial charge in [-0.2, -0.15) is 0 Å². The molecule has 1 aromatic carbocycles. The van der Waals surface area contributed by atoms with E-state index in [-0.39, 0.29) is 5.91 Å². The second-order valence-electron chi connectivity index (χ2n) is 4.75. The molecule has 1 aliphatic heterocycles. The Kier molecular flexibility index (Phi) is 3.34. The van der Waals surface area contributed by atoms with Crippen molar-refractivity contribution in [1.29, 1.82) is 0 Å². The monoisotopic (exact) mass is 273 g/mol. The molecule has 1 amide bonds. The fraction of sp³-hybridized carbons (Fsp3) is 0.417. The molecule has 1 aliphatic rings. The summed E-state index contributed by atoms with van der Waals surface area (Å²) in [6, 6.07) is 5.28. The average Bonchev–Trinajstić information content (AvgIpc) is 2.51. The van der Waals surface area contributed by atoms with E-state index in [1.54, 1.807) is 12.1 Å². The second kappa shape index (κ2) is 4.48. The maximum Gasteiger partial charge on any atom is 0.254 e. The van der Waals surface area contributed by atoms with Gasteiger partial charge in [-0.25, -0.2) is 5.06 Å². The number of hydroxylamine groups is 2. The minimum atomic E-state index is -0.448. The van der Waals surface area contributed by atoms with Gasteiger partial charge in [-0.15, -0.1) is 0 Å². The number of hydrogen-bond acceptors (Lipinski definition) is 2. The predicted molar refractivity (Wildman–Crippen MR) is 66.7 cm³/mol. The minimum Gasteiger partial charge on any atom is -0.272 e. The number of carbonyl (C=O) groups excluding carboxylic acids is 1. The minimum absolute atomic E-state index is 0.0106. The van der Waals surface area contributed by atoms with Gasteiger partial charge in [0.1, 0.15) is 0 Å². The fourth-order valence-corrected chi connectivity index (χ4v) is 1.94. The molecule has 0 saturated carbocycles. The fourth-order valence-electron chi connectivity index (χ4n) is 1.62. The summed E-state index contributed by atoms with van der Waals surface area (Å²) in [6.45, 7) is 4.53. The molecule has 0 aromatic heterocycles. The standard InChI is InChI=1S/C12H13Cl2NO2/c1-12(2)7-17-15(11(12)16)6-8-3-4-9(13)10(14)5-8/h3-5H,6-7H2,1-2H3. The second-order valence-corrected chi connectivity index (χ2v) is 5.56. The van der Waals surface area contributed by atoms with Crippen LogP contribution >= 0.6 is 23.2 Å². The third-order valence-corrected chi connectivity index (χ3v) is 3.44. The molecule has 92 valence electrons. The Morgan fingerprint density at radius 3 is 2.59 bits per heavy atom. The molecule has 0 radical (unpaired) electrons. The zero-order valence-electron chi connectivity index (χ0n) is 9.67. The molecule has 3 nitrogen and oxygen atoms in total. The van der Waals surface area contributed by atoms with Crippen LogP contribution in [0.4, 0.5) is 0 Å². The topological polar surface area (TPSA) is 29.5 Å². The van der Waals surface area contributed by atoms with E-state index in [0.717, 1.165) is 5.56 Å². The van der Waals surface area contributed by atoms with Crippen LogP contribution < -0.4 is 0 Å². The number of carbonyl (C=O) groups is 1. The smallest absolute Gasteiger partial charge is 0.254 e. The molecule has 17 heavy (non-hydrogen) atoms. The number of halogens is 2. The molecule has 1 saturated heterocycles. The first-order valence-corrected chi connectivity index (χ1v) is 6.04. The molecular weight excluding hydrogens is 261 g/mol. The van der Waals surface area contributed by atoms with Crippen LogP contribution in [0.5, 0.6) is 0 Å². The maximum absolute atomic E-state index is 11.9. The van der Waals surface area contributed by atoms with E-state index in [2.05, 4.69) is 0 Å². The lowest BCUT2D eigenvalue weighted by Gasteiger charge is -2.16. The summed E-state index contributed by atoms with van der Waals surface area (Å²) in [5.74, 6) is -0.0106. The molecule has 0 atom stereocenters. The van der Waals surface area contributed by atoms with Crippen molar-refractivity contribution in [2.45, 2.75) is 20.4 Å². The van der Waals surface area contributed by atoms with Gasteiger partial charge in [0, 0.05) is 0 Å². The quantitative estimate of drug-likeness (QED) is 0.828. The molecule has 0 unspecified atom stereocenters. The lowest BCUT2D eigenvalue weighted by atomic mass is 9.95. The van der Waals surface area contributed by atoms with Gasteiger partial charge in [-0.1, -0.05) is 29.3 Å². The predicted octanol–water partition coefficient (Wildman–Crippen LogP) is 3.29. The largest absolute Gasteiger partial charge is 0.272 e. The SMILES string of the molecule is CC1(C)CON(Cc2ccc(Cl)c(Cl)c2)C1=O. The molecule has 1 heterocycles. The Morgan fingerprint density at radius 1 is 1.35 bits per heavy atom. The highest BCUT2D eigenvalue weighted by Crippen LogP contribution is 2.29. The Hall–Kier alpha value is -0.770. The van der Waals surface area contributed by atoms with E-state index >= 15 is 0 Å². The Morgan fingerprint density at radius 2 is 2.06 bits per heavy atom. The van der Waals surface area contributed by atoms with E-state index in [9.17, 15) is 4.79 Å². The molecule has 5 heteroatoms. The first-order chi connectivity index (χ1) is 7.90. The maximum atomic E-state index is 11.9. The highest BCUT2D eigenvalue weighted by molar-refractivity contribution is 6.42. The van der Waals surface area contributed by atoms with Crippen molar-refractivity contribution in [2.24, 2.45) is 5.41 Å². The molecule has 0 bridgehead atoms. The Bertz CT molecular complexity index is 460. The Balaban J connectivity index is 2.12. The van der Waals surface area contributed by atoms with Crippen LogP contribution in [-0.2, 0) is 16.2 Å². The van der Waals surface area contributed by atoms with E-state index in [1.165, 1.54) is 5.06 Å². The first kappa shape index (κ1) is 12.7. The summed E-state index contributed by atoms with van der Waals surface area (Å²) in [6.07, 6.45) is 0. The summed E-state index contributed by atoms with van der Waals surface area (Å²) in [5, 5.41) is 2.36. The van der Waals surface area contributed by atoms with E-state index < -0.39 is 5.41 Å². The van der Waals surface area contributed by atoms with Crippen LogP contribution in [0.15, 0.2) is 18.2 Å². The highest BCUT2D eigenvalue weighted by atomic mass is 35.5. The van der Waals surface area contributed by atoms with Crippen molar-refractivity contribution in [3.8, 4) is 0 Å². The van der Waals surface area contributed by atoms with E-state index in [0.29, 0.717) is 23.2 Å².